The van der Waals surface area contributed by atoms with Crippen molar-refractivity contribution in [3.8, 4) is 0 Å². The van der Waals surface area contributed by atoms with Gasteiger partial charge in [-0.2, -0.15) is 0 Å². The third kappa shape index (κ3) is 4.16. The molecule has 0 aromatic heterocycles. The fourth-order valence-corrected chi connectivity index (χ4v) is 1.68. The second-order valence-electron chi connectivity index (χ2n) is 3.72. The van der Waals surface area contributed by atoms with Crippen LogP contribution in [0.3, 0.4) is 0 Å². The minimum atomic E-state index is -1.93. The van der Waals surface area contributed by atoms with Crippen molar-refractivity contribution in [1.82, 2.24) is 0 Å². The first-order valence-corrected chi connectivity index (χ1v) is 5.54. The van der Waals surface area contributed by atoms with Crippen LogP contribution in [-0.4, -0.2) is 29.5 Å². The van der Waals surface area contributed by atoms with Gasteiger partial charge in [0.2, 0.25) is 6.17 Å². The Balaban J connectivity index is 4.52. The van der Waals surface area contributed by atoms with Crippen LogP contribution < -0.4 is 0 Å². The van der Waals surface area contributed by atoms with Crippen LogP contribution >= 0.6 is 0 Å². The molecule has 15 heavy (non-hydrogen) atoms. The normalized spacial score (nSPS) is 13.7. The van der Waals surface area contributed by atoms with Gasteiger partial charge in [-0.1, -0.05) is 26.7 Å². The Morgan fingerprint density at radius 2 is 1.80 bits per heavy atom. The van der Waals surface area contributed by atoms with Gasteiger partial charge in [0.1, 0.15) is 5.60 Å². The van der Waals surface area contributed by atoms with E-state index in [0.717, 1.165) is 0 Å². The van der Waals surface area contributed by atoms with Crippen LogP contribution in [-0.2, 0) is 9.53 Å². The van der Waals surface area contributed by atoms with Gasteiger partial charge in [0, 0.05) is 0 Å². The summed E-state index contributed by atoms with van der Waals surface area (Å²) in [6, 6.07) is 0. The molecule has 0 amide bonds. The van der Waals surface area contributed by atoms with E-state index in [1.165, 1.54) is 0 Å². The molecule has 0 aliphatic heterocycles. The first kappa shape index (κ1) is 14.4. The van der Waals surface area contributed by atoms with Crippen molar-refractivity contribution in [2.45, 2.75) is 58.2 Å². The van der Waals surface area contributed by atoms with E-state index < -0.39 is 17.7 Å². The van der Waals surface area contributed by atoms with Crippen molar-refractivity contribution in [1.29, 1.82) is 0 Å². The lowest BCUT2D eigenvalue weighted by atomic mass is 9.88. The fraction of sp³-hybridized carbons (Fsp3) is 0.909. The number of aliphatic hydroxyl groups is 1. The lowest BCUT2D eigenvalue weighted by molar-refractivity contribution is -0.162. The quantitative estimate of drug-likeness (QED) is 0.669. The molecule has 0 bridgehead atoms. The molecule has 0 spiro atoms. The number of hydrogen-bond acceptors (Lipinski definition) is 3. The molecule has 1 N–H and O–H groups in total. The van der Waals surface area contributed by atoms with E-state index in [9.17, 15) is 14.3 Å². The molecule has 4 heteroatoms. The zero-order valence-corrected chi connectivity index (χ0v) is 9.75. The topological polar surface area (TPSA) is 46.5 Å². The second kappa shape index (κ2) is 6.77. The predicted molar refractivity (Wildman–Crippen MR) is 56.3 cm³/mol. The largest absolute Gasteiger partial charge is 0.464 e. The standard InChI is InChI=1S/C11H21FO3/c1-4-7-11(14,8-5-2)9(12)10(13)15-6-3/h9,14H,4-8H2,1-3H3. The molecule has 0 fully saturated rings. The molecule has 3 nitrogen and oxygen atoms in total. The first-order valence-electron chi connectivity index (χ1n) is 5.54. The van der Waals surface area contributed by atoms with Crippen LogP contribution in [0.5, 0.6) is 0 Å². The average molecular weight is 220 g/mol. The second-order valence-corrected chi connectivity index (χ2v) is 3.72. The molecule has 0 saturated heterocycles. The maximum atomic E-state index is 13.7. The Kier molecular flexibility index (Phi) is 6.48. The van der Waals surface area contributed by atoms with Gasteiger partial charge >= 0.3 is 5.97 Å². The number of ether oxygens (including phenoxy) is 1. The van der Waals surface area contributed by atoms with Crippen molar-refractivity contribution in [3.63, 3.8) is 0 Å². The van der Waals surface area contributed by atoms with Crippen LogP contribution in [0.2, 0.25) is 0 Å². The van der Waals surface area contributed by atoms with E-state index in [0.29, 0.717) is 12.8 Å². The minimum Gasteiger partial charge on any atom is -0.464 e. The maximum Gasteiger partial charge on any atom is 0.343 e. The van der Waals surface area contributed by atoms with Gasteiger partial charge in [-0.3, -0.25) is 0 Å². The number of rotatable bonds is 7. The Bertz CT molecular complexity index is 188. The van der Waals surface area contributed by atoms with Crippen LogP contribution in [0.4, 0.5) is 4.39 Å². The summed E-state index contributed by atoms with van der Waals surface area (Å²) in [5, 5.41) is 10.0. The van der Waals surface area contributed by atoms with Crippen molar-refractivity contribution in [2.75, 3.05) is 6.61 Å². The Morgan fingerprint density at radius 3 is 2.13 bits per heavy atom. The summed E-state index contributed by atoms with van der Waals surface area (Å²) >= 11 is 0. The summed E-state index contributed by atoms with van der Waals surface area (Å²) in [6.07, 6.45) is -0.105. The highest BCUT2D eigenvalue weighted by Crippen LogP contribution is 2.26. The molecule has 0 aliphatic rings. The molecule has 0 rings (SSSR count). The zero-order valence-electron chi connectivity index (χ0n) is 9.75. The summed E-state index contributed by atoms with van der Waals surface area (Å²) in [6.45, 7) is 5.44. The van der Waals surface area contributed by atoms with E-state index >= 15 is 0 Å². The Labute approximate surface area is 90.6 Å². The highest BCUT2D eigenvalue weighted by Gasteiger charge is 2.41. The highest BCUT2D eigenvalue weighted by atomic mass is 19.1. The summed E-state index contributed by atoms with van der Waals surface area (Å²) < 4.78 is 18.3. The molecule has 0 heterocycles. The molecule has 0 aromatic carbocycles. The third-order valence-electron chi connectivity index (χ3n) is 2.33. The minimum absolute atomic E-state index is 0.133. The Morgan fingerprint density at radius 1 is 1.33 bits per heavy atom. The monoisotopic (exact) mass is 220 g/mol. The van der Waals surface area contributed by atoms with Gasteiger partial charge in [-0.15, -0.1) is 0 Å². The molecule has 90 valence electrons. The van der Waals surface area contributed by atoms with Gasteiger partial charge in [0.25, 0.3) is 0 Å². The summed E-state index contributed by atoms with van der Waals surface area (Å²) in [7, 11) is 0. The molecule has 0 saturated carbocycles. The van der Waals surface area contributed by atoms with Gasteiger partial charge in [0.05, 0.1) is 6.61 Å². The van der Waals surface area contributed by atoms with E-state index in [1.807, 2.05) is 13.8 Å². The molecule has 0 aliphatic carbocycles. The van der Waals surface area contributed by atoms with E-state index in [2.05, 4.69) is 4.74 Å². The average Bonchev–Trinajstić information content (AvgIpc) is 2.17. The number of esters is 1. The highest BCUT2D eigenvalue weighted by molar-refractivity contribution is 5.76. The van der Waals surface area contributed by atoms with Gasteiger partial charge in [0.15, 0.2) is 0 Å². The molecule has 1 unspecified atom stereocenters. The smallest absolute Gasteiger partial charge is 0.343 e. The molecule has 1 atom stereocenters. The van der Waals surface area contributed by atoms with Crippen LogP contribution in [0.15, 0.2) is 0 Å². The number of hydrogen-bond donors (Lipinski definition) is 1. The number of alkyl halides is 1. The van der Waals surface area contributed by atoms with Crippen LogP contribution in [0.1, 0.15) is 46.5 Å². The van der Waals surface area contributed by atoms with Crippen molar-refractivity contribution >= 4 is 5.97 Å². The molecule has 0 aromatic rings. The fourth-order valence-electron chi connectivity index (χ4n) is 1.68. The summed E-state index contributed by atoms with van der Waals surface area (Å²) in [5.74, 6) is -0.957. The Hall–Kier alpha value is -0.640. The van der Waals surface area contributed by atoms with Crippen LogP contribution in [0.25, 0.3) is 0 Å². The van der Waals surface area contributed by atoms with Crippen molar-refractivity contribution in [2.24, 2.45) is 0 Å². The van der Waals surface area contributed by atoms with Gasteiger partial charge in [-0.25, -0.2) is 9.18 Å². The number of halogens is 1. The third-order valence-corrected chi connectivity index (χ3v) is 2.33. The van der Waals surface area contributed by atoms with E-state index in [4.69, 9.17) is 0 Å². The lowest BCUT2D eigenvalue weighted by Crippen LogP contribution is -2.45. The van der Waals surface area contributed by atoms with Gasteiger partial charge in [-0.05, 0) is 19.8 Å². The number of carbonyl (C=O) groups is 1. The zero-order chi connectivity index (χ0) is 11.9. The summed E-state index contributed by atoms with van der Waals surface area (Å²) in [4.78, 5) is 11.2. The molecule has 0 radical (unpaired) electrons. The molecular weight excluding hydrogens is 199 g/mol. The number of carbonyl (C=O) groups excluding carboxylic acids is 1. The van der Waals surface area contributed by atoms with Crippen molar-refractivity contribution in [3.05, 3.63) is 0 Å². The van der Waals surface area contributed by atoms with E-state index in [1.54, 1.807) is 6.92 Å². The van der Waals surface area contributed by atoms with Crippen LogP contribution in [0, 0.1) is 0 Å². The molecular formula is C11H21FO3. The van der Waals surface area contributed by atoms with E-state index in [-0.39, 0.29) is 19.4 Å². The summed E-state index contributed by atoms with van der Waals surface area (Å²) in [5.41, 5.74) is -1.56. The predicted octanol–water partition coefficient (Wildman–Crippen LogP) is 2.22. The SMILES string of the molecule is CCCC(O)(CCC)C(F)C(=O)OCC. The van der Waals surface area contributed by atoms with Crippen molar-refractivity contribution < 1.29 is 19.0 Å². The lowest BCUT2D eigenvalue weighted by Gasteiger charge is -2.29. The maximum absolute atomic E-state index is 13.7. The first-order chi connectivity index (χ1) is 7.01. The van der Waals surface area contributed by atoms with Gasteiger partial charge < -0.3 is 9.84 Å².